The molecule has 1 aromatic rings. The summed E-state index contributed by atoms with van der Waals surface area (Å²) in [6, 6.07) is 7.30. The van der Waals surface area contributed by atoms with Crippen molar-refractivity contribution in [3.05, 3.63) is 24.3 Å². The van der Waals surface area contributed by atoms with Crippen molar-refractivity contribution in [1.82, 2.24) is 9.62 Å². The third-order valence-corrected chi connectivity index (χ3v) is 5.70. The predicted octanol–water partition coefficient (Wildman–Crippen LogP) is 1.74. The molecule has 3 rings (SSSR count). The molecule has 0 aromatic heterocycles. The Labute approximate surface area is 119 Å². The van der Waals surface area contributed by atoms with Gasteiger partial charge < -0.3 is 5.32 Å². The summed E-state index contributed by atoms with van der Waals surface area (Å²) in [7, 11) is -3.44. The van der Waals surface area contributed by atoms with Gasteiger partial charge in [0.25, 0.3) is 10.0 Å². The lowest BCUT2D eigenvalue weighted by Gasteiger charge is -2.24. The average molecular weight is 293 g/mol. The smallest absolute Gasteiger partial charge is 0.267 e. The van der Waals surface area contributed by atoms with Gasteiger partial charge in [-0.2, -0.15) is 0 Å². The highest BCUT2D eigenvalue weighted by Crippen LogP contribution is 2.32. The molecule has 0 spiro atoms. The molecule has 1 fully saturated rings. The highest BCUT2D eigenvalue weighted by molar-refractivity contribution is 7.89. The Kier molecular flexibility index (Phi) is 3.52. The summed E-state index contributed by atoms with van der Waals surface area (Å²) in [6.07, 6.45) is 3.98. The molecule has 20 heavy (non-hydrogen) atoms. The van der Waals surface area contributed by atoms with E-state index in [2.05, 4.69) is 17.2 Å². The zero-order valence-corrected chi connectivity index (χ0v) is 12.3. The zero-order valence-electron chi connectivity index (χ0n) is 11.5. The van der Waals surface area contributed by atoms with E-state index in [4.69, 9.17) is 0 Å². The normalized spacial score (nSPS) is 21.6. The molecule has 1 heterocycles. The third-order valence-electron chi connectivity index (χ3n) is 3.91. The Morgan fingerprint density at radius 1 is 1.40 bits per heavy atom. The van der Waals surface area contributed by atoms with Crippen LogP contribution in [0.4, 0.5) is 5.69 Å². The number of para-hydroxylation sites is 1. The first kappa shape index (κ1) is 13.6. The number of aliphatic imine (C=N–C) groups is 1. The molecule has 0 saturated heterocycles. The first-order valence-electron chi connectivity index (χ1n) is 6.97. The molecular weight excluding hydrogens is 274 g/mol. The molecule has 0 amide bonds. The fraction of sp³-hybridized carbons (Fsp3) is 0.500. The quantitative estimate of drug-likeness (QED) is 0.899. The summed E-state index contributed by atoms with van der Waals surface area (Å²) in [4.78, 5) is 4.50. The molecule has 2 aliphatic rings. The maximum absolute atomic E-state index is 12.4. The summed E-state index contributed by atoms with van der Waals surface area (Å²) in [5, 5.41) is 3.39. The molecule has 1 N–H and O–H groups in total. The Hall–Kier alpha value is -1.40. The van der Waals surface area contributed by atoms with Crippen LogP contribution in [-0.4, -0.2) is 38.2 Å². The van der Waals surface area contributed by atoms with E-state index in [0.29, 0.717) is 24.8 Å². The number of rotatable bonds is 5. The molecule has 6 heteroatoms. The minimum Gasteiger partial charge on any atom is -0.312 e. The van der Waals surface area contributed by atoms with Gasteiger partial charge in [0.15, 0.2) is 0 Å². The van der Waals surface area contributed by atoms with Crippen molar-refractivity contribution >= 4 is 22.0 Å². The number of hydrogen-bond donors (Lipinski definition) is 1. The van der Waals surface area contributed by atoms with Crippen LogP contribution in [0.5, 0.6) is 0 Å². The number of benzene rings is 1. The van der Waals surface area contributed by atoms with Crippen molar-refractivity contribution in [2.24, 2.45) is 10.9 Å². The number of sulfonamides is 1. The molecular formula is C14H19N3O2S. The van der Waals surface area contributed by atoms with Crippen molar-refractivity contribution < 1.29 is 8.42 Å². The van der Waals surface area contributed by atoms with E-state index in [9.17, 15) is 8.42 Å². The van der Waals surface area contributed by atoms with Crippen LogP contribution in [0.15, 0.2) is 34.2 Å². The fourth-order valence-electron chi connectivity index (χ4n) is 2.44. The van der Waals surface area contributed by atoms with Crippen molar-refractivity contribution in [3.63, 3.8) is 0 Å². The SMILES string of the molecule is CC(NCCN1C=Nc2ccccc2S1(=O)=O)C1CC1. The topological polar surface area (TPSA) is 61.8 Å². The number of nitrogens with zero attached hydrogens (tertiary/aromatic N) is 2. The van der Waals surface area contributed by atoms with Crippen LogP contribution < -0.4 is 5.32 Å². The van der Waals surface area contributed by atoms with Crippen LogP contribution in [0, 0.1) is 5.92 Å². The Morgan fingerprint density at radius 3 is 2.90 bits per heavy atom. The molecule has 0 radical (unpaired) electrons. The summed E-state index contributed by atoms with van der Waals surface area (Å²) in [5.74, 6) is 0.766. The maximum Gasteiger partial charge on any atom is 0.267 e. The van der Waals surface area contributed by atoms with Crippen LogP contribution in [-0.2, 0) is 10.0 Å². The highest BCUT2D eigenvalue weighted by atomic mass is 32.2. The minimum atomic E-state index is -3.44. The van der Waals surface area contributed by atoms with Gasteiger partial charge in [0.05, 0.1) is 5.69 Å². The van der Waals surface area contributed by atoms with Gasteiger partial charge >= 0.3 is 0 Å². The lowest BCUT2D eigenvalue weighted by Crippen LogP contribution is -2.40. The molecule has 108 valence electrons. The highest BCUT2D eigenvalue weighted by Gasteiger charge is 2.29. The Balaban J connectivity index is 1.66. The summed E-state index contributed by atoms with van der Waals surface area (Å²) in [5.41, 5.74) is 0.517. The van der Waals surface area contributed by atoms with Gasteiger partial charge in [-0.15, -0.1) is 0 Å². The summed E-state index contributed by atoms with van der Waals surface area (Å²) in [6.45, 7) is 3.22. The Morgan fingerprint density at radius 2 is 2.15 bits per heavy atom. The van der Waals surface area contributed by atoms with Crippen LogP contribution in [0.3, 0.4) is 0 Å². The largest absolute Gasteiger partial charge is 0.312 e. The van der Waals surface area contributed by atoms with Crippen LogP contribution in [0.1, 0.15) is 19.8 Å². The second kappa shape index (κ2) is 5.18. The predicted molar refractivity (Wildman–Crippen MR) is 78.7 cm³/mol. The number of fused-ring (bicyclic) bond motifs is 1. The van der Waals surface area contributed by atoms with Gasteiger partial charge in [0.1, 0.15) is 11.2 Å². The summed E-state index contributed by atoms with van der Waals surface area (Å²) >= 11 is 0. The van der Waals surface area contributed by atoms with Gasteiger partial charge in [0, 0.05) is 19.1 Å². The molecule has 1 atom stereocenters. The van der Waals surface area contributed by atoms with Crippen LogP contribution in [0.25, 0.3) is 0 Å². The molecule has 1 unspecified atom stereocenters. The molecule has 5 nitrogen and oxygen atoms in total. The molecule has 0 bridgehead atoms. The van der Waals surface area contributed by atoms with E-state index >= 15 is 0 Å². The van der Waals surface area contributed by atoms with Crippen molar-refractivity contribution in [2.45, 2.75) is 30.7 Å². The van der Waals surface area contributed by atoms with Gasteiger partial charge in [-0.05, 0) is 37.8 Å². The fourth-order valence-corrected chi connectivity index (χ4v) is 3.83. The van der Waals surface area contributed by atoms with Crippen molar-refractivity contribution in [3.8, 4) is 0 Å². The number of hydrogen-bond acceptors (Lipinski definition) is 4. The van der Waals surface area contributed by atoms with E-state index in [0.717, 1.165) is 5.92 Å². The molecule has 1 aliphatic heterocycles. The summed E-state index contributed by atoms with van der Waals surface area (Å²) < 4.78 is 26.2. The van der Waals surface area contributed by atoms with E-state index < -0.39 is 10.0 Å². The van der Waals surface area contributed by atoms with Crippen LogP contribution in [0.2, 0.25) is 0 Å². The van der Waals surface area contributed by atoms with Gasteiger partial charge in [-0.1, -0.05) is 12.1 Å². The number of nitrogens with one attached hydrogen (secondary N) is 1. The van der Waals surface area contributed by atoms with Gasteiger partial charge in [-0.3, -0.25) is 4.31 Å². The molecule has 1 aromatic carbocycles. The van der Waals surface area contributed by atoms with Crippen LogP contribution >= 0.6 is 0 Å². The maximum atomic E-state index is 12.4. The minimum absolute atomic E-state index is 0.290. The first-order valence-corrected chi connectivity index (χ1v) is 8.41. The van der Waals surface area contributed by atoms with Crippen molar-refractivity contribution in [2.75, 3.05) is 13.1 Å². The monoisotopic (exact) mass is 293 g/mol. The zero-order chi connectivity index (χ0) is 14.2. The average Bonchev–Trinajstić information content (AvgIpc) is 3.26. The lowest BCUT2D eigenvalue weighted by atomic mass is 10.2. The molecule has 1 saturated carbocycles. The standard InChI is InChI=1S/C14H19N3O2S/c1-11(12-6-7-12)15-8-9-17-10-16-13-4-2-3-5-14(13)20(17,18)19/h2-5,10-12,15H,6-9H2,1H3. The van der Waals surface area contributed by atoms with Crippen molar-refractivity contribution in [1.29, 1.82) is 0 Å². The molecule has 1 aliphatic carbocycles. The second-order valence-electron chi connectivity index (χ2n) is 5.41. The van der Waals surface area contributed by atoms with E-state index in [1.807, 2.05) is 0 Å². The third kappa shape index (κ3) is 2.58. The Bertz CT molecular complexity index is 623. The lowest BCUT2D eigenvalue weighted by molar-refractivity contribution is 0.461. The van der Waals surface area contributed by atoms with E-state index in [1.165, 1.54) is 23.5 Å². The van der Waals surface area contributed by atoms with E-state index in [1.54, 1.807) is 24.3 Å². The van der Waals surface area contributed by atoms with Gasteiger partial charge in [0.2, 0.25) is 0 Å². The first-order chi connectivity index (χ1) is 9.59. The second-order valence-corrected chi connectivity index (χ2v) is 7.27. The van der Waals surface area contributed by atoms with Gasteiger partial charge in [-0.25, -0.2) is 13.4 Å². The van der Waals surface area contributed by atoms with E-state index in [-0.39, 0.29) is 4.90 Å².